The van der Waals surface area contributed by atoms with E-state index in [-0.39, 0.29) is 17.5 Å². The van der Waals surface area contributed by atoms with Crippen molar-refractivity contribution in [2.45, 2.75) is 32.1 Å². The maximum absolute atomic E-state index is 13.3. The number of allylic oxidation sites excluding steroid dienone is 3. The molecule has 1 amide bonds. The maximum atomic E-state index is 13.3. The molecule has 148 valence electrons. The first-order valence-corrected chi connectivity index (χ1v) is 9.89. The lowest BCUT2D eigenvalue weighted by Gasteiger charge is -2.34. The molecule has 4 nitrogen and oxygen atoms in total. The Bertz CT molecular complexity index is 1060. The second kappa shape index (κ2) is 7.84. The molecule has 0 radical (unpaired) electrons. The number of halogens is 2. The van der Waals surface area contributed by atoms with Gasteiger partial charge in [-0.3, -0.25) is 9.59 Å². The summed E-state index contributed by atoms with van der Waals surface area (Å²) in [5, 5.41) is 6.59. The van der Waals surface area contributed by atoms with Gasteiger partial charge in [-0.1, -0.05) is 29.8 Å². The lowest BCUT2D eigenvalue weighted by molar-refractivity contribution is -0.116. The number of amides is 1. The van der Waals surface area contributed by atoms with E-state index in [2.05, 4.69) is 10.6 Å². The van der Waals surface area contributed by atoms with Gasteiger partial charge in [0.15, 0.2) is 5.78 Å². The predicted molar refractivity (Wildman–Crippen MR) is 111 cm³/mol. The summed E-state index contributed by atoms with van der Waals surface area (Å²) in [4.78, 5) is 26.1. The summed E-state index contributed by atoms with van der Waals surface area (Å²) in [5.74, 6) is -1.25. The predicted octanol–water partition coefficient (Wildman–Crippen LogP) is 5.09. The molecule has 1 atom stereocenters. The van der Waals surface area contributed by atoms with Crippen LogP contribution in [0.15, 0.2) is 71.1 Å². The van der Waals surface area contributed by atoms with Gasteiger partial charge in [-0.25, -0.2) is 4.39 Å². The molecule has 1 heterocycles. The van der Waals surface area contributed by atoms with Crippen molar-refractivity contribution in [1.82, 2.24) is 5.32 Å². The Balaban J connectivity index is 1.80. The van der Waals surface area contributed by atoms with Crippen molar-refractivity contribution in [3.05, 3.63) is 87.5 Å². The van der Waals surface area contributed by atoms with Crippen LogP contribution in [0.2, 0.25) is 5.02 Å². The van der Waals surface area contributed by atoms with Gasteiger partial charge in [0, 0.05) is 45.6 Å². The third kappa shape index (κ3) is 3.70. The highest BCUT2D eigenvalue weighted by Gasteiger charge is 2.39. The average molecular weight is 411 g/mol. The van der Waals surface area contributed by atoms with Gasteiger partial charge < -0.3 is 10.6 Å². The van der Waals surface area contributed by atoms with E-state index in [1.807, 2.05) is 25.1 Å². The number of benzene rings is 2. The Kier molecular flexibility index (Phi) is 5.24. The van der Waals surface area contributed by atoms with E-state index in [9.17, 15) is 14.0 Å². The third-order valence-electron chi connectivity index (χ3n) is 5.34. The van der Waals surface area contributed by atoms with Crippen LogP contribution in [0.4, 0.5) is 10.1 Å². The molecule has 0 spiro atoms. The molecule has 29 heavy (non-hydrogen) atoms. The summed E-state index contributed by atoms with van der Waals surface area (Å²) >= 11 is 6.48. The van der Waals surface area contributed by atoms with E-state index in [4.69, 9.17) is 11.6 Å². The minimum Gasteiger partial charge on any atom is -0.362 e. The lowest BCUT2D eigenvalue weighted by Crippen LogP contribution is -2.35. The number of ketones is 1. The van der Waals surface area contributed by atoms with E-state index in [1.54, 1.807) is 6.07 Å². The second-order valence-electron chi connectivity index (χ2n) is 7.25. The van der Waals surface area contributed by atoms with Crippen molar-refractivity contribution in [2.24, 2.45) is 0 Å². The SMILES string of the molecule is CC1=C(C(=O)Nc2ccc(F)cc2)[C@@H](c2ccccc2Cl)C2=C(CCCC2=O)N1. The third-order valence-corrected chi connectivity index (χ3v) is 5.68. The van der Waals surface area contributed by atoms with E-state index in [1.165, 1.54) is 24.3 Å². The molecule has 0 bridgehead atoms. The summed E-state index contributed by atoms with van der Waals surface area (Å²) in [7, 11) is 0. The van der Waals surface area contributed by atoms with Crippen LogP contribution in [0.5, 0.6) is 0 Å². The fraction of sp³-hybridized carbons (Fsp3) is 0.217. The molecular formula is C23H20ClFN2O2. The first kappa shape index (κ1) is 19.4. The van der Waals surface area contributed by atoms with Crippen LogP contribution in [-0.4, -0.2) is 11.7 Å². The number of dihydropyridines is 1. The van der Waals surface area contributed by atoms with Gasteiger partial charge in [-0.2, -0.15) is 0 Å². The molecule has 6 heteroatoms. The Morgan fingerprint density at radius 1 is 1.14 bits per heavy atom. The largest absolute Gasteiger partial charge is 0.362 e. The number of carbonyl (C=O) groups is 2. The van der Waals surface area contributed by atoms with Crippen molar-refractivity contribution < 1.29 is 14.0 Å². The number of anilines is 1. The molecule has 4 rings (SSSR count). The summed E-state index contributed by atoms with van der Waals surface area (Å²) in [6, 6.07) is 12.8. The smallest absolute Gasteiger partial charge is 0.254 e. The lowest BCUT2D eigenvalue weighted by atomic mass is 9.75. The van der Waals surface area contributed by atoms with Crippen LogP contribution in [-0.2, 0) is 9.59 Å². The van der Waals surface area contributed by atoms with Crippen molar-refractivity contribution in [2.75, 3.05) is 5.32 Å². The van der Waals surface area contributed by atoms with Crippen LogP contribution in [0.3, 0.4) is 0 Å². The number of carbonyl (C=O) groups excluding carboxylic acids is 2. The molecule has 2 aliphatic rings. The van der Waals surface area contributed by atoms with Crippen LogP contribution in [0.1, 0.15) is 37.7 Å². The van der Waals surface area contributed by atoms with Gasteiger partial charge in [-0.05, 0) is 55.7 Å². The Morgan fingerprint density at radius 2 is 1.86 bits per heavy atom. The van der Waals surface area contributed by atoms with Crippen molar-refractivity contribution in [3.8, 4) is 0 Å². The summed E-state index contributed by atoms with van der Waals surface area (Å²) in [6.07, 6.45) is 1.99. The Labute approximate surface area is 173 Å². The van der Waals surface area contributed by atoms with Crippen molar-refractivity contribution in [1.29, 1.82) is 0 Å². The number of hydrogen-bond donors (Lipinski definition) is 2. The van der Waals surface area contributed by atoms with E-state index in [0.717, 1.165) is 24.1 Å². The Hall–Kier alpha value is -2.92. The molecule has 0 saturated heterocycles. The molecule has 2 aromatic rings. The molecule has 2 aromatic carbocycles. The van der Waals surface area contributed by atoms with Crippen LogP contribution in [0, 0.1) is 5.82 Å². The Morgan fingerprint density at radius 3 is 2.59 bits per heavy atom. The minimum absolute atomic E-state index is 0.0308. The monoisotopic (exact) mass is 410 g/mol. The van der Waals surface area contributed by atoms with Gasteiger partial charge >= 0.3 is 0 Å². The number of hydrogen-bond acceptors (Lipinski definition) is 3. The standard InChI is InChI=1S/C23H20ClFN2O2/c1-13-20(23(29)27-15-11-9-14(25)10-12-15)21(16-5-2-3-6-17(16)24)22-18(26-13)7-4-8-19(22)28/h2-3,5-6,9-12,21,26H,4,7-8H2,1H3,(H,27,29)/t21-/m1/s1. The molecule has 0 aromatic heterocycles. The molecule has 1 aliphatic carbocycles. The van der Waals surface area contributed by atoms with Crippen molar-refractivity contribution in [3.63, 3.8) is 0 Å². The van der Waals surface area contributed by atoms with Gasteiger partial charge in [0.05, 0.1) is 0 Å². The molecule has 0 unspecified atom stereocenters. The second-order valence-corrected chi connectivity index (χ2v) is 7.66. The highest BCUT2D eigenvalue weighted by atomic mass is 35.5. The van der Waals surface area contributed by atoms with E-state index >= 15 is 0 Å². The van der Waals surface area contributed by atoms with Gasteiger partial charge in [0.2, 0.25) is 0 Å². The molecule has 2 N–H and O–H groups in total. The summed E-state index contributed by atoms with van der Waals surface area (Å²) < 4.78 is 13.2. The summed E-state index contributed by atoms with van der Waals surface area (Å²) in [6.45, 7) is 1.83. The number of nitrogens with one attached hydrogen (secondary N) is 2. The fourth-order valence-corrected chi connectivity index (χ4v) is 4.28. The molecule has 0 fully saturated rings. The van der Waals surface area contributed by atoms with Gasteiger partial charge in [0.25, 0.3) is 5.91 Å². The quantitative estimate of drug-likeness (QED) is 0.741. The number of Topliss-reactive ketones (excluding diaryl/α,β-unsaturated/α-hetero) is 1. The highest BCUT2D eigenvalue weighted by Crippen LogP contribution is 2.44. The topological polar surface area (TPSA) is 58.2 Å². The van der Waals surface area contributed by atoms with Gasteiger partial charge in [0.1, 0.15) is 5.82 Å². The molecule has 0 saturated carbocycles. The fourth-order valence-electron chi connectivity index (χ4n) is 4.04. The van der Waals surface area contributed by atoms with Crippen molar-refractivity contribution >= 4 is 29.0 Å². The zero-order chi connectivity index (χ0) is 20.5. The maximum Gasteiger partial charge on any atom is 0.254 e. The molecule has 1 aliphatic heterocycles. The zero-order valence-electron chi connectivity index (χ0n) is 15.9. The van der Waals surface area contributed by atoms with Gasteiger partial charge in [-0.15, -0.1) is 0 Å². The zero-order valence-corrected chi connectivity index (χ0v) is 16.6. The first-order chi connectivity index (χ1) is 14.0. The first-order valence-electron chi connectivity index (χ1n) is 9.51. The van der Waals surface area contributed by atoms with Crippen LogP contribution < -0.4 is 10.6 Å². The number of rotatable bonds is 3. The van der Waals surface area contributed by atoms with E-state index in [0.29, 0.717) is 34.0 Å². The highest BCUT2D eigenvalue weighted by molar-refractivity contribution is 6.31. The van der Waals surface area contributed by atoms with Crippen LogP contribution in [0.25, 0.3) is 0 Å². The summed E-state index contributed by atoms with van der Waals surface area (Å²) in [5.41, 5.74) is 3.80. The average Bonchev–Trinajstić information content (AvgIpc) is 2.69. The van der Waals surface area contributed by atoms with E-state index < -0.39 is 5.92 Å². The minimum atomic E-state index is -0.548. The van der Waals surface area contributed by atoms with Crippen LogP contribution >= 0.6 is 11.6 Å². The molecular weight excluding hydrogens is 391 g/mol. The normalized spacial score (nSPS) is 19.0.